The van der Waals surface area contributed by atoms with E-state index in [9.17, 15) is 0 Å². The highest BCUT2D eigenvalue weighted by atomic mass is 16.5. The maximum Gasteiger partial charge on any atom is 0.0854 e. The molecule has 0 unspecified atom stereocenters. The SMILES string of the molecule is NN=NCCOCCO. The molecule has 0 aliphatic rings. The van der Waals surface area contributed by atoms with E-state index in [2.05, 4.69) is 10.3 Å². The largest absolute Gasteiger partial charge is 0.394 e. The minimum absolute atomic E-state index is 0.0414. The number of aliphatic hydroxyl groups is 1. The second-order valence-corrected chi connectivity index (χ2v) is 1.32. The number of nitrogens with two attached hydrogens (primary N) is 1. The molecule has 9 heavy (non-hydrogen) atoms. The maximum absolute atomic E-state index is 8.22. The van der Waals surface area contributed by atoms with Gasteiger partial charge in [-0.3, -0.25) is 0 Å². The third-order valence-electron chi connectivity index (χ3n) is 0.653. The monoisotopic (exact) mass is 133 g/mol. The summed E-state index contributed by atoms with van der Waals surface area (Å²) < 4.78 is 4.83. The van der Waals surface area contributed by atoms with Crippen molar-refractivity contribution in [1.82, 2.24) is 0 Å². The van der Waals surface area contributed by atoms with Gasteiger partial charge in [0.05, 0.1) is 26.4 Å². The second kappa shape index (κ2) is 7.32. The lowest BCUT2D eigenvalue weighted by molar-refractivity contribution is 0.0971. The van der Waals surface area contributed by atoms with Crippen molar-refractivity contribution in [3.05, 3.63) is 0 Å². The zero-order valence-electron chi connectivity index (χ0n) is 5.16. The van der Waals surface area contributed by atoms with Gasteiger partial charge in [-0.25, -0.2) is 0 Å². The molecular weight excluding hydrogens is 122 g/mol. The van der Waals surface area contributed by atoms with Crippen molar-refractivity contribution < 1.29 is 9.84 Å². The second-order valence-electron chi connectivity index (χ2n) is 1.32. The topological polar surface area (TPSA) is 80.2 Å². The molecule has 0 aliphatic carbocycles. The molecule has 0 aromatic heterocycles. The first-order valence-electron chi connectivity index (χ1n) is 2.67. The fraction of sp³-hybridized carbons (Fsp3) is 1.00. The van der Waals surface area contributed by atoms with Crippen molar-refractivity contribution >= 4 is 0 Å². The first-order chi connectivity index (χ1) is 4.41. The zero-order chi connectivity index (χ0) is 6.95. The third kappa shape index (κ3) is 7.32. The summed E-state index contributed by atoms with van der Waals surface area (Å²) in [6.07, 6.45) is 0. The Labute approximate surface area is 53.5 Å². The van der Waals surface area contributed by atoms with E-state index in [1.54, 1.807) is 0 Å². The van der Waals surface area contributed by atoms with Crippen LogP contribution in [-0.4, -0.2) is 31.5 Å². The third-order valence-corrected chi connectivity index (χ3v) is 0.653. The zero-order valence-corrected chi connectivity index (χ0v) is 5.16. The van der Waals surface area contributed by atoms with Crippen LogP contribution in [0.4, 0.5) is 0 Å². The van der Waals surface area contributed by atoms with Crippen LogP contribution >= 0.6 is 0 Å². The molecule has 0 radical (unpaired) electrons. The Hall–Kier alpha value is -0.680. The van der Waals surface area contributed by atoms with E-state index in [0.717, 1.165) is 0 Å². The molecule has 0 amide bonds. The summed E-state index contributed by atoms with van der Waals surface area (Å²) in [6, 6.07) is 0. The van der Waals surface area contributed by atoms with Crippen LogP contribution in [0.25, 0.3) is 0 Å². The van der Waals surface area contributed by atoms with Gasteiger partial charge in [-0.2, -0.15) is 5.11 Å². The van der Waals surface area contributed by atoms with Crippen molar-refractivity contribution in [3.63, 3.8) is 0 Å². The molecule has 0 spiro atoms. The Kier molecular flexibility index (Phi) is 6.77. The number of nitrogens with zero attached hydrogens (tertiary/aromatic N) is 2. The Bertz CT molecular complexity index is 76.2. The summed E-state index contributed by atoms with van der Waals surface area (Å²) >= 11 is 0. The Morgan fingerprint density at radius 2 is 2.22 bits per heavy atom. The van der Waals surface area contributed by atoms with Crippen molar-refractivity contribution in [3.8, 4) is 0 Å². The molecule has 0 atom stereocenters. The molecule has 5 nitrogen and oxygen atoms in total. The van der Waals surface area contributed by atoms with Gasteiger partial charge in [0, 0.05) is 0 Å². The molecule has 0 saturated heterocycles. The standard InChI is InChI=1S/C4H11N3O2/c5-7-6-1-3-9-4-2-8/h8H,1-4H2,(H2,5,6). The van der Waals surface area contributed by atoms with Gasteiger partial charge in [-0.05, 0) is 0 Å². The van der Waals surface area contributed by atoms with E-state index in [0.29, 0.717) is 19.8 Å². The van der Waals surface area contributed by atoms with E-state index < -0.39 is 0 Å². The Morgan fingerprint density at radius 3 is 2.78 bits per heavy atom. The maximum atomic E-state index is 8.22. The normalized spacial score (nSPS) is 10.8. The summed E-state index contributed by atoms with van der Waals surface area (Å²) in [5, 5.41) is 14.7. The summed E-state index contributed by atoms with van der Waals surface area (Å²) in [6.45, 7) is 1.30. The average molecular weight is 133 g/mol. The van der Waals surface area contributed by atoms with Gasteiger partial charge in [0.1, 0.15) is 0 Å². The highest BCUT2D eigenvalue weighted by molar-refractivity contribution is 4.33. The Balaban J connectivity index is 2.75. The molecule has 54 valence electrons. The van der Waals surface area contributed by atoms with Gasteiger partial charge in [-0.15, -0.1) is 0 Å². The van der Waals surface area contributed by atoms with Crippen LogP contribution in [0.5, 0.6) is 0 Å². The fourth-order valence-electron chi connectivity index (χ4n) is 0.330. The van der Waals surface area contributed by atoms with Crippen LogP contribution in [0, 0.1) is 0 Å². The Morgan fingerprint density at radius 1 is 1.44 bits per heavy atom. The number of aliphatic hydroxyl groups excluding tert-OH is 1. The molecule has 0 bridgehead atoms. The van der Waals surface area contributed by atoms with Crippen LogP contribution in [0.1, 0.15) is 0 Å². The van der Waals surface area contributed by atoms with Gasteiger partial charge in [0.25, 0.3) is 0 Å². The quantitative estimate of drug-likeness (QED) is 0.226. The first kappa shape index (κ1) is 8.32. The predicted octanol–water partition coefficient (Wildman–Crippen LogP) is -0.679. The van der Waals surface area contributed by atoms with E-state index in [4.69, 9.17) is 15.7 Å². The van der Waals surface area contributed by atoms with Gasteiger partial charge in [0.2, 0.25) is 0 Å². The number of rotatable bonds is 5. The fourth-order valence-corrected chi connectivity index (χ4v) is 0.330. The lowest BCUT2D eigenvalue weighted by Gasteiger charge is -1.95. The number of hydrogen-bond donors (Lipinski definition) is 2. The minimum atomic E-state index is 0.0414. The van der Waals surface area contributed by atoms with Crippen molar-refractivity contribution in [1.29, 1.82) is 0 Å². The molecule has 0 aromatic carbocycles. The van der Waals surface area contributed by atoms with Crippen LogP contribution in [0.2, 0.25) is 0 Å². The van der Waals surface area contributed by atoms with E-state index in [-0.39, 0.29) is 6.61 Å². The van der Waals surface area contributed by atoms with E-state index in [1.165, 1.54) is 0 Å². The molecule has 0 aliphatic heterocycles. The summed E-state index contributed by atoms with van der Waals surface area (Å²) in [7, 11) is 0. The lowest BCUT2D eigenvalue weighted by atomic mass is 10.7. The molecule has 0 aromatic rings. The van der Waals surface area contributed by atoms with Crippen molar-refractivity contribution in [2.75, 3.05) is 26.4 Å². The van der Waals surface area contributed by atoms with E-state index >= 15 is 0 Å². The smallest absolute Gasteiger partial charge is 0.0854 e. The molecule has 0 fully saturated rings. The minimum Gasteiger partial charge on any atom is -0.394 e. The molecule has 3 N–H and O–H groups in total. The van der Waals surface area contributed by atoms with E-state index in [1.807, 2.05) is 0 Å². The summed E-state index contributed by atoms with van der Waals surface area (Å²) in [5.41, 5.74) is 0. The first-order valence-corrected chi connectivity index (χ1v) is 2.67. The van der Waals surface area contributed by atoms with Gasteiger partial charge < -0.3 is 15.7 Å². The number of hydrogen-bond acceptors (Lipinski definition) is 4. The summed E-state index contributed by atoms with van der Waals surface area (Å²) in [4.78, 5) is 0. The van der Waals surface area contributed by atoms with Crippen LogP contribution in [-0.2, 0) is 4.74 Å². The van der Waals surface area contributed by atoms with Crippen LogP contribution < -0.4 is 5.84 Å². The van der Waals surface area contributed by atoms with Crippen LogP contribution in [0.3, 0.4) is 0 Å². The average Bonchev–Trinajstić information content (AvgIpc) is 1.89. The molecule has 0 heterocycles. The lowest BCUT2D eigenvalue weighted by Crippen LogP contribution is -2.02. The summed E-state index contributed by atoms with van der Waals surface area (Å²) in [5.74, 6) is 4.70. The number of ether oxygens (including phenoxy) is 1. The van der Waals surface area contributed by atoms with Crippen LogP contribution in [0.15, 0.2) is 10.3 Å². The highest BCUT2D eigenvalue weighted by Crippen LogP contribution is 1.74. The van der Waals surface area contributed by atoms with Crippen molar-refractivity contribution in [2.24, 2.45) is 16.2 Å². The van der Waals surface area contributed by atoms with Crippen molar-refractivity contribution in [2.45, 2.75) is 0 Å². The van der Waals surface area contributed by atoms with Gasteiger partial charge in [0.15, 0.2) is 0 Å². The highest BCUT2D eigenvalue weighted by Gasteiger charge is 1.82. The molecule has 0 rings (SSSR count). The molecule has 0 saturated carbocycles. The van der Waals surface area contributed by atoms with Gasteiger partial charge in [-0.1, -0.05) is 5.22 Å². The van der Waals surface area contributed by atoms with Gasteiger partial charge >= 0.3 is 0 Å². The molecule has 5 heteroatoms. The molecular formula is C4H11N3O2. The predicted molar refractivity (Wildman–Crippen MR) is 31.8 cm³/mol.